The van der Waals surface area contributed by atoms with Crippen molar-refractivity contribution >= 4 is 27.3 Å². The normalized spacial score (nSPS) is 11.3. The number of hydrogen-bond donors (Lipinski definition) is 1. The highest BCUT2D eigenvalue weighted by Gasteiger charge is 2.19. The number of carbonyl (C=O) groups is 1. The summed E-state index contributed by atoms with van der Waals surface area (Å²) < 4.78 is 51.5. The van der Waals surface area contributed by atoms with Gasteiger partial charge in [-0.2, -0.15) is 0 Å². The molecule has 0 aliphatic heterocycles. The number of halogens is 2. The van der Waals surface area contributed by atoms with Crippen LogP contribution in [0.3, 0.4) is 0 Å². The maximum Gasteiger partial charge on any atom is 0.232 e. The minimum Gasteiger partial charge on any atom is -0.326 e. The highest BCUT2D eigenvalue weighted by Crippen LogP contribution is 2.22. The molecular weight excluding hydrogens is 362 g/mol. The Hall–Kier alpha value is -2.48. The Kier molecular flexibility index (Phi) is 5.97. The molecule has 2 aromatic rings. The lowest BCUT2D eigenvalue weighted by atomic mass is 10.1. The minimum atomic E-state index is -3.59. The summed E-state index contributed by atoms with van der Waals surface area (Å²) >= 11 is 0. The Morgan fingerprint density at radius 2 is 1.65 bits per heavy atom. The standard InChI is InChI=1S/C18H20F2N2O3S/c1-12-8-13(2)10-15(9-12)22(26(3,24)25)7-6-18(23)21-14-4-5-16(19)17(20)11-14/h4-5,8-11H,6-7H2,1-3H3,(H,21,23). The van der Waals surface area contributed by atoms with Crippen LogP contribution in [0.15, 0.2) is 36.4 Å². The van der Waals surface area contributed by atoms with Crippen molar-refractivity contribution in [1.29, 1.82) is 0 Å². The molecule has 2 aromatic carbocycles. The fraction of sp³-hybridized carbons (Fsp3) is 0.278. The van der Waals surface area contributed by atoms with Crippen LogP contribution in [0, 0.1) is 25.5 Å². The summed E-state index contributed by atoms with van der Waals surface area (Å²) in [6, 6.07) is 8.37. The first kappa shape index (κ1) is 19.8. The summed E-state index contributed by atoms with van der Waals surface area (Å²) in [5.74, 6) is -2.59. The van der Waals surface area contributed by atoms with Gasteiger partial charge in [0.25, 0.3) is 0 Å². The molecule has 5 nitrogen and oxygen atoms in total. The number of rotatable bonds is 6. The van der Waals surface area contributed by atoms with E-state index in [0.29, 0.717) is 5.69 Å². The van der Waals surface area contributed by atoms with Gasteiger partial charge in [0.2, 0.25) is 15.9 Å². The predicted molar refractivity (Wildman–Crippen MR) is 97.7 cm³/mol. The van der Waals surface area contributed by atoms with Gasteiger partial charge in [0, 0.05) is 24.7 Å². The van der Waals surface area contributed by atoms with E-state index in [2.05, 4.69) is 5.32 Å². The van der Waals surface area contributed by atoms with Crippen LogP contribution in [0.5, 0.6) is 0 Å². The van der Waals surface area contributed by atoms with Crippen molar-refractivity contribution in [2.24, 2.45) is 0 Å². The number of aryl methyl sites for hydroxylation is 2. The third kappa shape index (κ3) is 5.26. The summed E-state index contributed by atoms with van der Waals surface area (Å²) in [5.41, 5.74) is 2.39. The monoisotopic (exact) mass is 382 g/mol. The number of hydrogen-bond acceptors (Lipinski definition) is 3. The van der Waals surface area contributed by atoms with Crippen LogP contribution in [0.1, 0.15) is 17.5 Å². The van der Waals surface area contributed by atoms with E-state index in [1.54, 1.807) is 12.1 Å². The minimum absolute atomic E-state index is 0.0722. The maximum absolute atomic E-state index is 13.2. The zero-order chi connectivity index (χ0) is 19.5. The van der Waals surface area contributed by atoms with Crippen molar-refractivity contribution in [3.05, 3.63) is 59.2 Å². The van der Waals surface area contributed by atoms with E-state index in [9.17, 15) is 22.0 Å². The molecule has 0 atom stereocenters. The highest BCUT2D eigenvalue weighted by atomic mass is 32.2. The molecular formula is C18H20F2N2O3S. The second-order valence-electron chi connectivity index (χ2n) is 6.11. The van der Waals surface area contributed by atoms with Gasteiger partial charge in [-0.25, -0.2) is 17.2 Å². The molecule has 0 heterocycles. The first-order chi connectivity index (χ1) is 12.1. The van der Waals surface area contributed by atoms with Crippen LogP contribution in [-0.4, -0.2) is 27.1 Å². The zero-order valence-corrected chi connectivity index (χ0v) is 15.5. The van der Waals surface area contributed by atoms with Gasteiger partial charge < -0.3 is 5.32 Å². The van der Waals surface area contributed by atoms with Gasteiger partial charge in [0.15, 0.2) is 11.6 Å². The molecule has 1 N–H and O–H groups in total. The number of nitrogens with zero attached hydrogens (tertiary/aromatic N) is 1. The molecule has 0 aliphatic rings. The Bertz CT molecular complexity index is 910. The largest absolute Gasteiger partial charge is 0.326 e. The van der Waals surface area contributed by atoms with E-state index >= 15 is 0 Å². The van der Waals surface area contributed by atoms with E-state index in [0.717, 1.165) is 33.8 Å². The molecule has 0 aliphatic carbocycles. The Morgan fingerprint density at radius 1 is 1.04 bits per heavy atom. The second-order valence-corrected chi connectivity index (χ2v) is 8.01. The predicted octanol–water partition coefficient (Wildman–Crippen LogP) is 3.38. The van der Waals surface area contributed by atoms with Crippen LogP contribution in [-0.2, 0) is 14.8 Å². The quantitative estimate of drug-likeness (QED) is 0.833. The molecule has 0 radical (unpaired) electrons. The van der Waals surface area contributed by atoms with Crippen molar-refractivity contribution in [3.8, 4) is 0 Å². The van der Waals surface area contributed by atoms with Crippen molar-refractivity contribution < 1.29 is 22.0 Å². The molecule has 1 amide bonds. The van der Waals surface area contributed by atoms with Gasteiger partial charge in [-0.05, 0) is 49.2 Å². The van der Waals surface area contributed by atoms with Crippen LogP contribution >= 0.6 is 0 Å². The highest BCUT2D eigenvalue weighted by molar-refractivity contribution is 7.92. The Labute approximate surface area is 151 Å². The van der Waals surface area contributed by atoms with Crippen LogP contribution in [0.2, 0.25) is 0 Å². The molecule has 0 fully saturated rings. The number of anilines is 2. The second kappa shape index (κ2) is 7.82. The molecule has 140 valence electrons. The molecule has 0 spiro atoms. The summed E-state index contributed by atoms with van der Waals surface area (Å²) in [6.07, 6.45) is 0.928. The van der Waals surface area contributed by atoms with Crippen LogP contribution < -0.4 is 9.62 Å². The van der Waals surface area contributed by atoms with E-state index < -0.39 is 27.6 Å². The van der Waals surface area contributed by atoms with E-state index in [4.69, 9.17) is 0 Å². The third-order valence-electron chi connectivity index (χ3n) is 3.64. The van der Waals surface area contributed by atoms with Crippen LogP contribution in [0.25, 0.3) is 0 Å². The summed E-state index contributed by atoms with van der Waals surface area (Å²) in [7, 11) is -3.59. The molecule has 0 saturated carbocycles. The SMILES string of the molecule is Cc1cc(C)cc(N(CCC(=O)Nc2ccc(F)c(F)c2)S(C)(=O)=O)c1. The average molecular weight is 382 g/mol. The molecule has 2 rings (SSSR count). The number of amides is 1. The smallest absolute Gasteiger partial charge is 0.232 e. The van der Waals surface area contributed by atoms with E-state index in [1.807, 2.05) is 19.9 Å². The van der Waals surface area contributed by atoms with Gasteiger partial charge in [0.05, 0.1) is 11.9 Å². The van der Waals surface area contributed by atoms with Crippen molar-refractivity contribution in [3.63, 3.8) is 0 Å². The number of nitrogens with one attached hydrogen (secondary N) is 1. The number of carbonyl (C=O) groups excluding carboxylic acids is 1. The van der Waals surface area contributed by atoms with Gasteiger partial charge in [-0.1, -0.05) is 6.07 Å². The zero-order valence-electron chi connectivity index (χ0n) is 14.7. The fourth-order valence-electron chi connectivity index (χ4n) is 2.58. The number of benzene rings is 2. The van der Waals surface area contributed by atoms with E-state index in [1.165, 1.54) is 6.07 Å². The topological polar surface area (TPSA) is 66.5 Å². The van der Waals surface area contributed by atoms with Crippen molar-refractivity contribution in [2.45, 2.75) is 20.3 Å². The van der Waals surface area contributed by atoms with Crippen LogP contribution in [0.4, 0.5) is 20.2 Å². The molecule has 8 heteroatoms. The van der Waals surface area contributed by atoms with Gasteiger partial charge in [-0.15, -0.1) is 0 Å². The first-order valence-corrected chi connectivity index (χ1v) is 9.72. The molecule has 0 bridgehead atoms. The Balaban J connectivity index is 2.12. The van der Waals surface area contributed by atoms with E-state index in [-0.39, 0.29) is 18.7 Å². The molecule has 26 heavy (non-hydrogen) atoms. The first-order valence-electron chi connectivity index (χ1n) is 7.87. The average Bonchev–Trinajstić information content (AvgIpc) is 2.49. The molecule has 0 unspecified atom stereocenters. The van der Waals surface area contributed by atoms with Gasteiger partial charge in [0.1, 0.15) is 0 Å². The molecule has 0 saturated heterocycles. The molecule has 0 aromatic heterocycles. The van der Waals surface area contributed by atoms with Gasteiger partial charge in [-0.3, -0.25) is 9.10 Å². The van der Waals surface area contributed by atoms with Crippen molar-refractivity contribution in [1.82, 2.24) is 0 Å². The number of sulfonamides is 1. The lowest BCUT2D eigenvalue weighted by Gasteiger charge is -2.23. The Morgan fingerprint density at radius 3 is 2.19 bits per heavy atom. The lowest BCUT2D eigenvalue weighted by molar-refractivity contribution is -0.116. The van der Waals surface area contributed by atoms with Gasteiger partial charge >= 0.3 is 0 Å². The summed E-state index contributed by atoms with van der Waals surface area (Å²) in [5, 5.41) is 2.42. The third-order valence-corrected chi connectivity index (χ3v) is 4.83. The summed E-state index contributed by atoms with van der Waals surface area (Å²) in [6.45, 7) is 3.64. The van der Waals surface area contributed by atoms with Crippen molar-refractivity contribution in [2.75, 3.05) is 22.4 Å². The fourth-order valence-corrected chi connectivity index (χ4v) is 3.49. The summed E-state index contributed by atoms with van der Waals surface area (Å²) in [4.78, 5) is 12.1. The lowest BCUT2D eigenvalue weighted by Crippen LogP contribution is -2.33. The maximum atomic E-state index is 13.2.